The summed E-state index contributed by atoms with van der Waals surface area (Å²) in [4.78, 5) is 29.2. The van der Waals surface area contributed by atoms with Crippen molar-refractivity contribution in [2.45, 2.75) is 0 Å². The number of hydrogen-bond acceptors (Lipinski definition) is 5. The summed E-state index contributed by atoms with van der Waals surface area (Å²) in [5, 5.41) is 5.51. The van der Waals surface area contributed by atoms with Crippen molar-refractivity contribution in [2.24, 2.45) is 0 Å². The fourth-order valence-corrected chi connectivity index (χ4v) is 3.30. The lowest BCUT2D eigenvalue weighted by molar-refractivity contribution is 0.0462. The van der Waals surface area contributed by atoms with Gasteiger partial charge in [-0.15, -0.1) is 5.10 Å². The van der Waals surface area contributed by atoms with Crippen LogP contribution in [0.4, 0.5) is 0 Å². The number of aromatic nitrogens is 3. The Balaban J connectivity index is 1.61. The van der Waals surface area contributed by atoms with Crippen LogP contribution in [0.2, 0.25) is 15.1 Å². The summed E-state index contributed by atoms with van der Waals surface area (Å²) in [6, 6.07) is 20.4. The van der Waals surface area contributed by atoms with Gasteiger partial charge in [-0.1, -0.05) is 65.1 Å². The minimum absolute atomic E-state index is 0.196. The van der Waals surface area contributed by atoms with E-state index in [9.17, 15) is 9.59 Å². The first-order valence-electron chi connectivity index (χ1n) is 9.36. The molecule has 0 atom stereocenters. The zero-order valence-corrected chi connectivity index (χ0v) is 18.6. The molecule has 1 aromatic heterocycles. The molecule has 0 N–H and O–H groups in total. The van der Waals surface area contributed by atoms with Gasteiger partial charge in [0.15, 0.2) is 18.2 Å². The molecule has 0 unspecified atom stereocenters. The molecule has 0 radical (unpaired) electrons. The van der Waals surface area contributed by atoms with Crippen LogP contribution >= 0.6 is 34.8 Å². The Labute approximate surface area is 198 Å². The highest BCUT2D eigenvalue weighted by Crippen LogP contribution is 2.27. The van der Waals surface area contributed by atoms with E-state index < -0.39 is 12.6 Å². The minimum atomic E-state index is -0.830. The molecule has 4 aromatic rings. The number of nitrogens with zero attached hydrogens (tertiary/aromatic N) is 3. The maximum absolute atomic E-state index is 12.6. The van der Waals surface area contributed by atoms with E-state index in [1.807, 2.05) is 30.3 Å². The second-order valence-electron chi connectivity index (χ2n) is 6.64. The van der Waals surface area contributed by atoms with Gasteiger partial charge in [-0.05, 0) is 42.5 Å². The number of carbonyl (C=O) groups excluding carboxylic acids is 2. The number of Topliss-reactive ketones (excluding diaryl/α,β-unsaturated/α-hetero) is 1. The summed E-state index contributed by atoms with van der Waals surface area (Å²) in [5.74, 6) is -0.996. The maximum Gasteiger partial charge on any atom is 0.378 e. The van der Waals surface area contributed by atoms with E-state index in [1.165, 1.54) is 4.68 Å². The Bertz CT molecular complexity index is 1290. The summed E-state index contributed by atoms with van der Waals surface area (Å²) < 4.78 is 6.62. The van der Waals surface area contributed by atoms with Gasteiger partial charge < -0.3 is 4.74 Å². The van der Waals surface area contributed by atoms with Crippen LogP contribution in [0.15, 0.2) is 72.8 Å². The third-order valence-corrected chi connectivity index (χ3v) is 5.46. The Hall–Kier alpha value is -3.19. The van der Waals surface area contributed by atoms with Crippen molar-refractivity contribution >= 4 is 46.6 Å². The molecule has 0 amide bonds. The summed E-state index contributed by atoms with van der Waals surface area (Å²) >= 11 is 18.0. The Kier molecular flexibility index (Phi) is 6.55. The zero-order valence-electron chi connectivity index (χ0n) is 16.3. The van der Waals surface area contributed by atoms with Gasteiger partial charge in [0.25, 0.3) is 5.82 Å². The van der Waals surface area contributed by atoms with Gasteiger partial charge >= 0.3 is 5.97 Å². The van der Waals surface area contributed by atoms with Crippen LogP contribution in [0, 0.1) is 0 Å². The van der Waals surface area contributed by atoms with Crippen LogP contribution in [0.1, 0.15) is 21.0 Å². The lowest BCUT2D eigenvalue weighted by Gasteiger charge is -2.07. The highest BCUT2D eigenvalue weighted by atomic mass is 35.5. The summed E-state index contributed by atoms with van der Waals surface area (Å²) in [7, 11) is 0. The molecule has 0 spiro atoms. The number of benzene rings is 3. The van der Waals surface area contributed by atoms with Gasteiger partial charge in [0.05, 0.1) is 15.7 Å². The molecular weight excluding hydrogens is 473 g/mol. The summed E-state index contributed by atoms with van der Waals surface area (Å²) in [6.45, 7) is -0.456. The second-order valence-corrected chi connectivity index (χ2v) is 7.89. The normalized spacial score (nSPS) is 10.7. The topological polar surface area (TPSA) is 74.1 Å². The van der Waals surface area contributed by atoms with E-state index in [0.717, 1.165) is 5.56 Å². The standard InChI is InChI=1S/C23H14Cl3N3O3/c24-16-8-6-14(7-9-16)20(30)13-32-23(31)21-27-22(15-4-2-1-3-5-15)29(28-21)17-10-11-18(25)19(26)12-17/h1-12H,13H2. The van der Waals surface area contributed by atoms with Gasteiger partial charge in [-0.3, -0.25) is 4.79 Å². The molecule has 6 nitrogen and oxygen atoms in total. The van der Waals surface area contributed by atoms with Crippen molar-refractivity contribution < 1.29 is 14.3 Å². The first-order chi connectivity index (χ1) is 15.4. The number of rotatable bonds is 6. The molecule has 0 aliphatic heterocycles. The number of ketones is 1. The first-order valence-corrected chi connectivity index (χ1v) is 10.5. The summed E-state index contributed by atoms with van der Waals surface area (Å²) in [5.41, 5.74) is 1.66. The van der Waals surface area contributed by atoms with E-state index in [-0.39, 0.29) is 11.6 Å². The molecule has 1 heterocycles. The molecule has 160 valence electrons. The van der Waals surface area contributed by atoms with E-state index in [0.29, 0.717) is 32.1 Å². The average molecular weight is 487 g/mol. The minimum Gasteiger partial charge on any atom is -0.451 e. The number of ether oxygens (including phenoxy) is 1. The molecule has 9 heteroatoms. The van der Waals surface area contributed by atoms with Crippen molar-refractivity contribution in [1.29, 1.82) is 0 Å². The van der Waals surface area contributed by atoms with Gasteiger partial charge in [0.2, 0.25) is 0 Å². The van der Waals surface area contributed by atoms with Crippen LogP contribution < -0.4 is 0 Å². The van der Waals surface area contributed by atoms with Crippen molar-refractivity contribution in [3.8, 4) is 17.1 Å². The van der Waals surface area contributed by atoms with Crippen LogP contribution in [0.5, 0.6) is 0 Å². The third kappa shape index (κ3) is 4.83. The monoisotopic (exact) mass is 485 g/mol. The Morgan fingerprint density at radius 1 is 0.875 bits per heavy atom. The molecule has 0 saturated carbocycles. The van der Waals surface area contributed by atoms with Gasteiger partial charge in [-0.2, -0.15) is 0 Å². The molecular formula is C23H14Cl3N3O3. The molecule has 4 rings (SSSR count). The van der Waals surface area contributed by atoms with Crippen LogP contribution in [0.3, 0.4) is 0 Å². The van der Waals surface area contributed by atoms with Crippen molar-refractivity contribution in [3.05, 3.63) is 99.3 Å². The van der Waals surface area contributed by atoms with E-state index >= 15 is 0 Å². The Morgan fingerprint density at radius 2 is 1.59 bits per heavy atom. The number of hydrogen-bond donors (Lipinski definition) is 0. The van der Waals surface area contributed by atoms with E-state index in [4.69, 9.17) is 39.5 Å². The highest BCUT2D eigenvalue weighted by molar-refractivity contribution is 6.42. The fraction of sp³-hybridized carbons (Fsp3) is 0.0435. The largest absolute Gasteiger partial charge is 0.451 e. The van der Waals surface area contributed by atoms with Gasteiger partial charge in [0, 0.05) is 16.1 Å². The quantitative estimate of drug-likeness (QED) is 0.249. The SMILES string of the molecule is O=C(COC(=O)c1nc(-c2ccccc2)n(-c2ccc(Cl)c(Cl)c2)n1)c1ccc(Cl)cc1. The Morgan fingerprint density at radius 3 is 2.28 bits per heavy atom. The predicted molar refractivity (Wildman–Crippen MR) is 123 cm³/mol. The lowest BCUT2D eigenvalue weighted by atomic mass is 10.1. The van der Waals surface area contributed by atoms with Crippen LogP contribution in [-0.2, 0) is 4.74 Å². The van der Waals surface area contributed by atoms with E-state index in [2.05, 4.69) is 10.1 Å². The molecule has 0 saturated heterocycles. The van der Waals surface area contributed by atoms with E-state index in [1.54, 1.807) is 42.5 Å². The van der Waals surface area contributed by atoms with Gasteiger partial charge in [0.1, 0.15) is 0 Å². The lowest BCUT2D eigenvalue weighted by Crippen LogP contribution is -2.15. The third-order valence-electron chi connectivity index (χ3n) is 4.47. The van der Waals surface area contributed by atoms with Gasteiger partial charge in [-0.25, -0.2) is 14.5 Å². The molecule has 0 bridgehead atoms. The molecule has 0 aliphatic carbocycles. The van der Waals surface area contributed by atoms with Crippen molar-refractivity contribution in [1.82, 2.24) is 14.8 Å². The second kappa shape index (κ2) is 9.53. The molecule has 0 aliphatic rings. The number of esters is 1. The summed E-state index contributed by atoms with van der Waals surface area (Å²) in [6.07, 6.45) is 0. The van der Waals surface area contributed by atoms with Crippen LogP contribution in [-0.4, -0.2) is 33.1 Å². The highest BCUT2D eigenvalue weighted by Gasteiger charge is 2.21. The van der Waals surface area contributed by atoms with Crippen molar-refractivity contribution in [3.63, 3.8) is 0 Å². The molecule has 0 fully saturated rings. The fourth-order valence-electron chi connectivity index (χ4n) is 2.88. The number of halogens is 3. The van der Waals surface area contributed by atoms with Crippen LogP contribution in [0.25, 0.3) is 17.1 Å². The average Bonchev–Trinajstić information content (AvgIpc) is 3.26. The molecule has 32 heavy (non-hydrogen) atoms. The zero-order chi connectivity index (χ0) is 22.7. The first kappa shape index (κ1) is 22.0. The van der Waals surface area contributed by atoms with Crippen molar-refractivity contribution in [2.75, 3.05) is 6.61 Å². The number of carbonyl (C=O) groups is 2. The molecule has 3 aromatic carbocycles. The predicted octanol–water partition coefficient (Wildman–Crippen LogP) is 5.93. The maximum atomic E-state index is 12.6. The smallest absolute Gasteiger partial charge is 0.378 e.